The maximum absolute atomic E-state index is 12.3. The van der Waals surface area contributed by atoms with Crippen LogP contribution in [0.4, 0.5) is 5.69 Å². The van der Waals surface area contributed by atoms with Crippen LogP contribution in [0.1, 0.15) is 35.7 Å². The largest absolute Gasteiger partial charge is 0.393 e. The van der Waals surface area contributed by atoms with Crippen molar-refractivity contribution < 1.29 is 9.90 Å². The van der Waals surface area contributed by atoms with E-state index in [9.17, 15) is 9.90 Å². The molecule has 0 saturated carbocycles. The number of nitrogens with zero attached hydrogens (tertiary/aromatic N) is 3. The number of carbonyl (C=O) groups is 1. The lowest BCUT2D eigenvalue weighted by molar-refractivity contribution is 0.104. The van der Waals surface area contributed by atoms with E-state index in [1.165, 1.54) is 0 Å². The van der Waals surface area contributed by atoms with Crippen molar-refractivity contribution in [2.45, 2.75) is 32.4 Å². The minimum absolute atomic E-state index is 0.0140. The molecule has 126 valence electrons. The molecule has 1 fully saturated rings. The van der Waals surface area contributed by atoms with E-state index in [0.29, 0.717) is 5.56 Å². The fourth-order valence-electron chi connectivity index (χ4n) is 2.87. The smallest absolute Gasteiger partial charge is 0.185 e. The van der Waals surface area contributed by atoms with E-state index >= 15 is 0 Å². The van der Waals surface area contributed by atoms with Gasteiger partial charge in [-0.2, -0.15) is 5.10 Å². The first-order valence-corrected chi connectivity index (χ1v) is 8.43. The molecule has 2 aromatic rings. The number of aliphatic hydroxyl groups is 1. The molecule has 1 aromatic heterocycles. The molecule has 1 N–H and O–H groups in total. The maximum atomic E-state index is 12.3. The van der Waals surface area contributed by atoms with Crippen molar-refractivity contribution in [2.75, 3.05) is 18.0 Å². The number of aromatic nitrogens is 2. The third-order valence-electron chi connectivity index (χ3n) is 4.39. The van der Waals surface area contributed by atoms with Gasteiger partial charge >= 0.3 is 0 Å². The number of piperidine rings is 1. The molecule has 1 aliphatic heterocycles. The van der Waals surface area contributed by atoms with Crippen LogP contribution in [0.2, 0.25) is 0 Å². The van der Waals surface area contributed by atoms with Crippen LogP contribution < -0.4 is 4.90 Å². The van der Waals surface area contributed by atoms with Gasteiger partial charge in [-0.1, -0.05) is 0 Å². The first-order valence-electron chi connectivity index (χ1n) is 8.43. The molecule has 0 unspecified atom stereocenters. The van der Waals surface area contributed by atoms with Crippen molar-refractivity contribution in [2.24, 2.45) is 0 Å². The van der Waals surface area contributed by atoms with Crippen LogP contribution in [0, 0.1) is 0 Å². The molecular formula is C19H23N3O2. The summed E-state index contributed by atoms with van der Waals surface area (Å²) in [5.74, 6) is -0.0140. The molecule has 1 saturated heterocycles. The zero-order valence-electron chi connectivity index (χ0n) is 13.9. The number of hydrogen-bond acceptors (Lipinski definition) is 4. The normalized spacial score (nSPS) is 16.0. The molecule has 0 amide bonds. The number of aliphatic hydroxyl groups excluding tert-OH is 1. The van der Waals surface area contributed by atoms with Crippen LogP contribution in [0.3, 0.4) is 0 Å². The summed E-state index contributed by atoms with van der Waals surface area (Å²) in [5.41, 5.74) is 2.70. The van der Waals surface area contributed by atoms with Crippen LogP contribution in [0.5, 0.6) is 0 Å². The van der Waals surface area contributed by atoms with E-state index in [1.54, 1.807) is 18.3 Å². The predicted molar refractivity (Wildman–Crippen MR) is 95.2 cm³/mol. The van der Waals surface area contributed by atoms with E-state index in [1.807, 2.05) is 42.1 Å². The Labute approximate surface area is 142 Å². The summed E-state index contributed by atoms with van der Waals surface area (Å²) in [4.78, 5) is 14.5. The SMILES string of the molecule is CCn1cc(C=CC(=O)c2ccc(N3CCC(O)CC3)cc2)cn1. The van der Waals surface area contributed by atoms with E-state index in [4.69, 9.17) is 0 Å². The molecule has 5 nitrogen and oxygen atoms in total. The second-order valence-corrected chi connectivity index (χ2v) is 6.09. The lowest BCUT2D eigenvalue weighted by Gasteiger charge is -2.31. The summed E-state index contributed by atoms with van der Waals surface area (Å²) in [5, 5.41) is 13.8. The van der Waals surface area contributed by atoms with E-state index < -0.39 is 0 Å². The van der Waals surface area contributed by atoms with Crippen molar-refractivity contribution in [3.63, 3.8) is 0 Å². The standard InChI is InChI=1S/C19H23N3O2/c1-2-22-14-15(13-20-22)3-8-19(24)16-4-6-17(7-5-16)21-11-9-18(23)10-12-21/h3-8,13-14,18,23H,2,9-12H2,1H3. The lowest BCUT2D eigenvalue weighted by Crippen LogP contribution is -2.35. The van der Waals surface area contributed by atoms with Crippen molar-refractivity contribution in [3.05, 3.63) is 53.9 Å². The number of hydrogen-bond donors (Lipinski definition) is 1. The molecular weight excluding hydrogens is 302 g/mol. The predicted octanol–water partition coefficient (Wildman–Crippen LogP) is 2.76. The first kappa shape index (κ1) is 16.5. The monoisotopic (exact) mass is 325 g/mol. The van der Waals surface area contributed by atoms with Gasteiger partial charge in [0.1, 0.15) is 0 Å². The van der Waals surface area contributed by atoms with Crippen LogP contribution in [-0.2, 0) is 6.54 Å². The number of ketones is 1. The molecule has 1 aromatic carbocycles. The Hall–Kier alpha value is -2.40. The number of aryl methyl sites for hydroxylation is 1. The highest BCUT2D eigenvalue weighted by molar-refractivity contribution is 6.06. The fourth-order valence-corrected chi connectivity index (χ4v) is 2.87. The summed E-state index contributed by atoms with van der Waals surface area (Å²) in [7, 11) is 0. The van der Waals surface area contributed by atoms with Crippen molar-refractivity contribution >= 4 is 17.5 Å². The van der Waals surface area contributed by atoms with Crippen molar-refractivity contribution in [3.8, 4) is 0 Å². The second-order valence-electron chi connectivity index (χ2n) is 6.09. The van der Waals surface area contributed by atoms with Crippen LogP contribution >= 0.6 is 0 Å². The van der Waals surface area contributed by atoms with E-state index in [2.05, 4.69) is 10.00 Å². The maximum Gasteiger partial charge on any atom is 0.185 e. The van der Waals surface area contributed by atoms with E-state index in [-0.39, 0.29) is 11.9 Å². The first-order chi connectivity index (χ1) is 11.7. The summed E-state index contributed by atoms with van der Waals surface area (Å²) in [6.45, 7) is 4.55. The van der Waals surface area contributed by atoms with Crippen LogP contribution in [0.15, 0.2) is 42.7 Å². The molecule has 5 heteroatoms. The Balaban J connectivity index is 1.63. The van der Waals surface area contributed by atoms with Crippen LogP contribution in [0.25, 0.3) is 6.08 Å². The van der Waals surface area contributed by atoms with Gasteiger partial charge in [-0.05, 0) is 56.2 Å². The zero-order valence-corrected chi connectivity index (χ0v) is 13.9. The van der Waals surface area contributed by atoms with Gasteiger partial charge in [0.2, 0.25) is 0 Å². The third-order valence-corrected chi connectivity index (χ3v) is 4.39. The van der Waals surface area contributed by atoms with Gasteiger partial charge in [0.15, 0.2) is 5.78 Å². The molecule has 1 aliphatic rings. The quantitative estimate of drug-likeness (QED) is 0.678. The molecule has 0 radical (unpaired) electrons. The number of carbonyl (C=O) groups excluding carboxylic acids is 1. The molecule has 2 heterocycles. The van der Waals surface area contributed by atoms with Gasteiger partial charge in [-0.3, -0.25) is 9.48 Å². The molecule has 24 heavy (non-hydrogen) atoms. The molecule has 0 atom stereocenters. The van der Waals surface area contributed by atoms with Gasteiger partial charge in [0.25, 0.3) is 0 Å². The second kappa shape index (κ2) is 7.45. The zero-order chi connectivity index (χ0) is 16.9. The van der Waals surface area contributed by atoms with E-state index in [0.717, 1.165) is 43.7 Å². The number of anilines is 1. The van der Waals surface area contributed by atoms with Crippen LogP contribution in [-0.4, -0.2) is 39.9 Å². The summed E-state index contributed by atoms with van der Waals surface area (Å²) in [6.07, 6.45) is 8.47. The van der Waals surface area contributed by atoms with Gasteiger partial charge in [-0.15, -0.1) is 0 Å². The highest BCUT2D eigenvalue weighted by atomic mass is 16.3. The Morgan fingerprint density at radius 2 is 2.00 bits per heavy atom. The summed E-state index contributed by atoms with van der Waals surface area (Å²) in [6, 6.07) is 7.69. The van der Waals surface area contributed by atoms with Gasteiger partial charge in [0.05, 0.1) is 12.3 Å². The average Bonchev–Trinajstić information content (AvgIpc) is 3.09. The highest BCUT2D eigenvalue weighted by Gasteiger charge is 2.17. The minimum Gasteiger partial charge on any atom is -0.393 e. The molecule has 0 aliphatic carbocycles. The fraction of sp³-hybridized carbons (Fsp3) is 0.368. The summed E-state index contributed by atoms with van der Waals surface area (Å²) >= 11 is 0. The third kappa shape index (κ3) is 3.92. The summed E-state index contributed by atoms with van der Waals surface area (Å²) < 4.78 is 1.83. The Morgan fingerprint density at radius 1 is 1.29 bits per heavy atom. The Bertz CT molecular complexity index is 710. The Morgan fingerprint density at radius 3 is 2.62 bits per heavy atom. The Kier molecular flexibility index (Phi) is 5.11. The lowest BCUT2D eigenvalue weighted by atomic mass is 10.1. The molecule has 0 bridgehead atoms. The number of allylic oxidation sites excluding steroid dienone is 1. The highest BCUT2D eigenvalue weighted by Crippen LogP contribution is 2.21. The van der Waals surface area contributed by atoms with Crippen molar-refractivity contribution in [1.29, 1.82) is 0 Å². The van der Waals surface area contributed by atoms with Gasteiger partial charge in [-0.25, -0.2) is 0 Å². The van der Waals surface area contributed by atoms with Gasteiger partial charge < -0.3 is 10.0 Å². The molecule has 3 rings (SSSR count). The van der Waals surface area contributed by atoms with Crippen molar-refractivity contribution in [1.82, 2.24) is 9.78 Å². The van der Waals surface area contributed by atoms with Gasteiger partial charge in [0, 0.05) is 42.6 Å². The number of benzene rings is 1. The number of rotatable bonds is 5. The molecule has 0 spiro atoms. The minimum atomic E-state index is -0.177. The topological polar surface area (TPSA) is 58.4 Å². The average molecular weight is 325 g/mol.